The van der Waals surface area contributed by atoms with Gasteiger partial charge in [0.05, 0.1) is 24.2 Å². The highest BCUT2D eigenvalue weighted by atomic mass is 35.5. The minimum Gasteiger partial charge on any atom is -0.495 e. The summed E-state index contributed by atoms with van der Waals surface area (Å²) >= 11 is 5.64. The van der Waals surface area contributed by atoms with Gasteiger partial charge in [0, 0.05) is 17.2 Å². The fraction of sp³-hybridized carbons (Fsp3) is 0.0769. The lowest BCUT2D eigenvalue weighted by atomic mass is 10.2. The highest BCUT2D eigenvalue weighted by molar-refractivity contribution is 6.30. The van der Waals surface area contributed by atoms with Crippen LogP contribution in [0.2, 0.25) is 5.02 Å². The smallest absolute Gasteiger partial charge is 0.148 e. The first-order valence-electron chi connectivity index (χ1n) is 5.36. The Kier molecular flexibility index (Phi) is 3.76. The monoisotopic (exact) mass is 284 g/mol. The molecule has 0 radical (unpaired) electrons. The summed E-state index contributed by atoms with van der Waals surface area (Å²) in [6, 6.07) is 6.52. The van der Waals surface area contributed by atoms with Crippen molar-refractivity contribution in [3.8, 4) is 5.75 Å². The summed E-state index contributed by atoms with van der Waals surface area (Å²) < 4.78 is 32.3. The van der Waals surface area contributed by atoms with Crippen molar-refractivity contribution in [1.29, 1.82) is 0 Å². The predicted molar refractivity (Wildman–Crippen MR) is 72.1 cm³/mol. The fourth-order valence-electron chi connectivity index (χ4n) is 1.58. The number of ether oxygens (including phenoxy) is 1. The van der Waals surface area contributed by atoms with Crippen LogP contribution < -0.4 is 15.8 Å². The number of halogens is 3. The first-order valence-corrected chi connectivity index (χ1v) is 5.74. The minimum atomic E-state index is -0.604. The molecule has 0 aliphatic rings. The Labute approximate surface area is 113 Å². The van der Waals surface area contributed by atoms with E-state index in [-0.39, 0.29) is 22.1 Å². The molecule has 0 heterocycles. The van der Waals surface area contributed by atoms with E-state index in [1.54, 1.807) is 0 Å². The van der Waals surface area contributed by atoms with Crippen molar-refractivity contribution < 1.29 is 13.5 Å². The van der Waals surface area contributed by atoms with E-state index in [1.165, 1.54) is 25.3 Å². The van der Waals surface area contributed by atoms with Crippen molar-refractivity contribution >= 4 is 28.7 Å². The summed E-state index contributed by atoms with van der Waals surface area (Å²) in [5.74, 6) is -0.881. The molecule has 0 saturated heterocycles. The molecule has 0 unspecified atom stereocenters. The minimum absolute atomic E-state index is 0.0623. The summed E-state index contributed by atoms with van der Waals surface area (Å²) in [4.78, 5) is 0. The largest absolute Gasteiger partial charge is 0.495 e. The van der Waals surface area contributed by atoms with E-state index in [0.29, 0.717) is 5.75 Å². The van der Waals surface area contributed by atoms with Crippen LogP contribution in [-0.4, -0.2) is 7.11 Å². The normalized spacial score (nSPS) is 10.3. The van der Waals surface area contributed by atoms with Gasteiger partial charge in [-0.15, -0.1) is 0 Å². The third kappa shape index (κ3) is 2.88. The van der Waals surface area contributed by atoms with Crippen molar-refractivity contribution in [2.24, 2.45) is 0 Å². The molecule has 2 rings (SSSR count). The molecular weight excluding hydrogens is 274 g/mol. The summed E-state index contributed by atoms with van der Waals surface area (Å²) in [5, 5.41) is 2.89. The van der Waals surface area contributed by atoms with Gasteiger partial charge in [-0.2, -0.15) is 0 Å². The molecule has 0 atom stereocenters. The van der Waals surface area contributed by atoms with Crippen molar-refractivity contribution in [2.75, 3.05) is 18.2 Å². The molecule has 0 fully saturated rings. The van der Waals surface area contributed by atoms with Gasteiger partial charge in [0.2, 0.25) is 0 Å². The molecule has 2 aromatic carbocycles. The second-order valence-electron chi connectivity index (χ2n) is 3.82. The van der Waals surface area contributed by atoms with Crippen LogP contribution in [0.25, 0.3) is 0 Å². The summed E-state index contributed by atoms with van der Waals surface area (Å²) in [6.07, 6.45) is 0. The van der Waals surface area contributed by atoms with Gasteiger partial charge >= 0.3 is 0 Å². The number of hydrogen-bond donors (Lipinski definition) is 2. The van der Waals surface area contributed by atoms with Gasteiger partial charge in [-0.05, 0) is 18.2 Å². The van der Waals surface area contributed by atoms with Crippen molar-refractivity contribution in [2.45, 2.75) is 0 Å². The van der Waals surface area contributed by atoms with Crippen LogP contribution in [0, 0.1) is 11.6 Å². The van der Waals surface area contributed by atoms with Gasteiger partial charge in [-0.25, -0.2) is 8.78 Å². The first-order chi connectivity index (χ1) is 9.01. The predicted octanol–water partition coefficient (Wildman–Crippen LogP) is 3.95. The average molecular weight is 285 g/mol. The van der Waals surface area contributed by atoms with Crippen LogP contribution in [0.1, 0.15) is 0 Å². The highest BCUT2D eigenvalue weighted by Gasteiger charge is 2.10. The Bertz CT molecular complexity index is 620. The maximum absolute atomic E-state index is 13.7. The number of nitrogen functional groups attached to an aromatic ring is 1. The lowest BCUT2D eigenvalue weighted by molar-refractivity contribution is 0.416. The van der Waals surface area contributed by atoms with Gasteiger partial charge in [0.25, 0.3) is 0 Å². The Morgan fingerprint density at radius 2 is 1.79 bits per heavy atom. The molecule has 6 heteroatoms. The van der Waals surface area contributed by atoms with Gasteiger partial charge in [-0.1, -0.05) is 11.6 Å². The molecular formula is C13H11ClF2N2O. The molecule has 0 amide bonds. The molecule has 2 aromatic rings. The number of benzene rings is 2. The van der Waals surface area contributed by atoms with Crippen molar-refractivity contribution in [3.05, 3.63) is 47.0 Å². The molecule has 0 saturated carbocycles. The first kappa shape index (κ1) is 13.4. The number of hydrogen-bond acceptors (Lipinski definition) is 3. The van der Waals surface area contributed by atoms with Crippen LogP contribution in [-0.2, 0) is 0 Å². The molecule has 3 nitrogen and oxygen atoms in total. The van der Waals surface area contributed by atoms with Crippen LogP contribution in [0.3, 0.4) is 0 Å². The Morgan fingerprint density at radius 1 is 1.11 bits per heavy atom. The van der Waals surface area contributed by atoms with Crippen LogP contribution in [0.5, 0.6) is 5.75 Å². The molecule has 0 bridgehead atoms. The molecule has 3 N–H and O–H groups in total. The SMILES string of the molecule is COc1cc(Nc2ccc(Cl)cc2F)c(F)cc1N. The maximum atomic E-state index is 13.7. The highest BCUT2D eigenvalue weighted by Crippen LogP contribution is 2.31. The summed E-state index contributed by atoms with van der Waals surface area (Å²) in [5.41, 5.74) is 5.90. The van der Waals surface area contributed by atoms with Crippen LogP contribution in [0.4, 0.5) is 25.8 Å². The molecule has 0 aliphatic heterocycles. The Hall–Kier alpha value is -2.01. The van der Waals surface area contributed by atoms with Gasteiger partial charge in [0.15, 0.2) is 0 Å². The zero-order chi connectivity index (χ0) is 14.0. The van der Waals surface area contributed by atoms with Crippen LogP contribution in [0.15, 0.2) is 30.3 Å². The number of nitrogens with one attached hydrogen (secondary N) is 1. The lowest BCUT2D eigenvalue weighted by Gasteiger charge is -2.12. The molecule has 19 heavy (non-hydrogen) atoms. The van der Waals surface area contributed by atoms with Gasteiger partial charge in [-0.3, -0.25) is 0 Å². The van der Waals surface area contributed by atoms with Crippen molar-refractivity contribution in [1.82, 2.24) is 0 Å². The third-order valence-electron chi connectivity index (χ3n) is 2.52. The fourth-order valence-corrected chi connectivity index (χ4v) is 1.74. The molecule has 100 valence electrons. The zero-order valence-corrected chi connectivity index (χ0v) is 10.8. The maximum Gasteiger partial charge on any atom is 0.148 e. The summed E-state index contributed by atoms with van der Waals surface area (Å²) in [6.45, 7) is 0. The van der Waals surface area contributed by atoms with E-state index in [1.807, 2.05) is 0 Å². The number of rotatable bonds is 3. The second kappa shape index (κ2) is 5.32. The van der Waals surface area contributed by atoms with Crippen LogP contribution >= 0.6 is 11.6 Å². The van der Waals surface area contributed by atoms with E-state index >= 15 is 0 Å². The number of anilines is 3. The van der Waals surface area contributed by atoms with E-state index in [0.717, 1.165) is 12.1 Å². The Morgan fingerprint density at radius 3 is 2.42 bits per heavy atom. The average Bonchev–Trinajstić information content (AvgIpc) is 2.35. The van der Waals surface area contributed by atoms with E-state index in [2.05, 4.69) is 5.32 Å². The number of nitrogens with two attached hydrogens (primary N) is 1. The lowest BCUT2D eigenvalue weighted by Crippen LogP contribution is -2.00. The topological polar surface area (TPSA) is 47.3 Å². The molecule has 0 aliphatic carbocycles. The van der Waals surface area contributed by atoms with E-state index < -0.39 is 11.6 Å². The van der Waals surface area contributed by atoms with E-state index in [9.17, 15) is 8.78 Å². The van der Waals surface area contributed by atoms with Crippen molar-refractivity contribution in [3.63, 3.8) is 0 Å². The molecule has 0 spiro atoms. The third-order valence-corrected chi connectivity index (χ3v) is 2.75. The molecule has 0 aromatic heterocycles. The zero-order valence-electron chi connectivity index (χ0n) is 10.0. The standard InChI is InChI=1S/C13H11ClF2N2O/c1-19-13-6-12(9(16)5-10(13)17)18-11-3-2-7(14)4-8(11)15/h2-6,18H,17H2,1H3. The number of methoxy groups -OCH3 is 1. The summed E-state index contributed by atoms with van der Waals surface area (Å²) in [7, 11) is 1.41. The van der Waals surface area contributed by atoms with Gasteiger partial charge in [0.1, 0.15) is 17.4 Å². The van der Waals surface area contributed by atoms with Gasteiger partial charge < -0.3 is 15.8 Å². The van der Waals surface area contributed by atoms with E-state index in [4.69, 9.17) is 22.1 Å². The second-order valence-corrected chi connectivity index (χ2v) is 4.26. The quantitative estimate of drug-likeness (QED) is 0.839. The Balaban J connectivity index is 2.37.